The van der Waals surface area contributed by atoms with Crippen molar-refractivity contribution in [3.05, 3.63) is 36.0 Å². The summed E-state index contributed by atoms with van der Waals surface area (Å²) in [5.74, 6) is 2.81. The van der Waals surface area contributed by atoms with Gasteiger partial charge in [0.2, 0.25) is 5.95 Å². The quantitative estimate of drug-likeness (QED) is 0.500. The van der Waals surface area contributed by atoms with Crippen molar-refractivity contribution in [2.45, 2.75) is 43.9 Å². The smallest absolute Gasteiger partial charge is 0.221 e. The number of aryl methyl sites for hydroxylation is 1. The normalized spacial score (nSPS) is 10.7. The molecule has 1 heterocycles. The highest BCUT2D eigenvalue weighted by Gasteiger charge is 2.02. The van der Waals surface area contributed by atoms with Crippen LogP contribution in [0.1, 0.15) is 38.2 Å². The molecule has 0 aliphatic heterocycles. The summed E-state index contributed by atoms with van der Waals surface area (Å²) < 4.78 is 5.78. The Balaban J connectivity index is 1.61. The lowest BCUT2D eigenvalue weighted by molar-refractivity contribution is 0.305. The molecule has 0 bridgehead atoms. The second-order valence-electron chi connectivity index (χ2n) is 5.62. The number of hydrogen-bond donors (Lipinski definition) is 2. The standard InChI is InChI=1S/C18H26N4OS/c1-2-12-24-16-9-7-15(8-10-16)23-11-5-3-4-6-14-13-21-18(20)22-17(14)19/h7-10,13H,2-6,11-12H2,1H3,(H4,19,20,21,22). The summed E-state index contributed by atoms with van der Waals surface area (Å²) in [6, 6.07) is 8.34. The molecule has 2 aromatic rings. The van der Waals surface area contributed by atoms with Gasteiger partial charge in [0.1, 0.15) is 11.6 Å². The number of unbranched alkanes of at least 4 members (excludes halogenated alkanes) is 2. The minimum absolute atomic E-state index is 0.226. The third-order valence-corrected chi connectivity index (χ3v) is 4.79. The summed E-state index contributed by atoms with van der Waals surface area (Å²) in [4.78, 5) is 9.25. The van der Waals surface area contributed by atoms with Gasteiger partial charge < -0.3 is 16.2 Å². The van der Waals surface area contributed by atoms with Gasteiger partial charge in [-0.05, 0) is 62.1 Å². The molecule has 6 heteroatoms. The number of aromatic nitrogens is 2. The van der Waals surface area contributed by atoms with Gasteiger partial charge in [0.15, 0.2) is 0 Å². The predicted octanol–water partition coefficient (Wildman–Crippen LogP) is 3.93. The number of hydrogen-bond acceptors (Lipinski definition) is 6. The average molecular weight is 346 g/mol. The largest absolute Gasteiger partial charge is 0.494 e. The Morgan fingerprint density at radius 2 is 1.88 bits per heavy atom. The van der Waals surface area contributed by atoms with E-state index in [1.807, 2.05) is 23.9 Å². The fourth-order valence-corrected chi connectivity index (χ4v) is 3.03. The van der Waals surface area contributed by atoms with E-state index >= 15 is 0 Å². The number of ether oxygens (including phenoxy) is 1. The van der Waals surface area contributed by atoms with Gasteiger partial charge in [-0.1, -0.05) is 6.92 Å². The molecule has 1 aromatic carbocycles. The summed E-state index contributed by atoms with van der Waals surface area (Å²) >= 11 is 1.88. The van der Waals surface area contributed by atoms with Crippen LogP contribution in [0.5, 0.6) is 5.75 Å². The maximum absolute atomic E-state index is 5.82. The van der Waals surface area contributed by atoms with E-state index in [9.17, 15) is 0 Å². The van der Waals surface area contributed by atoms with Crippen molar-refractivity contribution in [2.24, 2.45) is 0 Å². The van der Waals surface area contributed by atoms with Gasteiger partial charge in [0.25, 0.3) is 0 Å². The fraction of sp³-hybridized carbons (Fsp3) is 0.444. The molecule has 0 radical (unpaired) electrons. The van der Waals surface area contributed by atoms with Crippen LogP contribution in [0.4, 0.5) is 11.8 Å². The molecule has 0 spiro atoms. The topological polar surface area (TPSA) is 87.0 Å². The van der Waals surface area contributed by atoms with Gasteiger partial charge in [-0.3, -0.25) is 0 Å². The van der Waals surface area contributed by atoms with Crippen molar-refractivity contribution in [1.29, 1.82) is 0 Å². The summed E-state index contributed by atoms with van der Waals surface area (Å²) in [7, 11) is 0. The number of thioether (sulfide) groups is 1. The van der Waals surface area contributed by atoms with Gasteiger partial charge >= 0.3 is 0 Å². The predicted molar refractivity (Wildman–Crippen MR) is 101 cm³/mol. The molecule has 1 aromatic heterocycles. The van der Waals surface area contributed by atoms with E-state index in [0.29, 0.717) is 5.82 Å². The van der Waals surface area contributed by atoms with E-state index in [-0.39, 0.29) is 5.95 Å². The first kappa shape index (κ1) is 18.4. The molecule has 0 amide bonds. The Kier molecular flexibility index (Phi) is 7.68. The van der Waals surface area contributed by atoms with Crippen molar-refractivity contribution < 1.29 is 4.74 Å². The number of nitrogens with two attached hydrogens (primary N) is 2. The minimum atomic E-state index is 0.226. The molecule has 0 saturated heterocycles. The van der Waals surface area contributed by atoms with Crippen LogP contribution < -0.4 is 16.2 Å². The molecule has 0 atom stereocenters. The summed E-state index contributed by atoms with van der Waals surface area (Å²) in [6.07, 6.45) is 6.91. The lowest BCUT2D eigenvalue weighted by Gasteiger charge is -2.08. The fourth-order valence-electron chi connectivity index (χ4n) is 2.26. The van der Waals surface area contributed by atoms with Crippen molar-refractivity contribution in [2.75, 3.05) is 23.8 Å². The third kappa shape index (κ3) is 6.28. The molecule has 0 aliphatic rings. The molecule has 0 unspecified atom stereocenters. The molecular formula is C18H26N4OS. The second-order valence-corrected chi connectivity index (χ2v) is 6.79. The number of rotatable bonds is 10. The lowest BCUT2D eigenvalue weighted by atomic mass is 10.1. The number of nitrogen functional groups attached to an aromatic ring is 2. The van der Waals surface area contributed by atoms with E-state index in [1.165, 1.54) is 11.3 Å². The van der Waals surface area contributed by atoms with Crippen LogP contribution in [-0.4, -0.2) is 22.3 Å². The van der Waals surface area contributed by atoms with Gasteiger partial charge in [-0.2, -0.15) is 4.98 Å². The molecule has 2 rings (SSSR count). The zero-order valence-corrected chi connectivity index (χ0v) is 15.0. The Labute approximate surface area is 148 Å². The van der Waals surface area contributed by atoms with Crippen LogP contribution >= 0.6 is 11.8 Å². The first-order valence-electron chi connectivity index (χ1n) is 8.41. The van der Waals surface area contributed by atoms with E-state index in [0.717, 1.165) is 49.4 Å². The summed E-state index contributed by atoms with van der Waals surface area (Å²) in [5, 5.41) is 0. The van der Waals surface area contributed by atoms with Crippen molar-refractivity contribution >= 4 is 23.5 Å². The van der Waals surface area contributed by atoms with Crippen molar-refractivity contribution in [3.63, 3.8) is 0 Å². The van der Waals surface area contributed by atoms with E-state index in [2.05, 4.69) is 29.0 Å². The maximum Gasteiger partial charge on any atom is 0.221 e. The summed E-state index contributed by atoms with van der Waals surface area (Å²) in [5.41, 5.74) is 12.3. The van der Waals surface area contributed by atoms with Gasteiger partial charge in [0, 0.05) is 16.7 Å². The van der Waals surface area contributed by atoms with Gasteiger partial charge in [-0.15, -0.1) is 11.8 Å². The van der Waals surface area contributed by atoms with Crippen LogP contribution in [-0.2, 0) is 6.42 Å². The Hall–Kier alpha value is -1.95. The molecule has 130 valence electrons. The van der Waals surface area contributed by atoms with Crippen molar-refractivity contribution in [3.8, 4) is 5.75 Å². The zero-order valence-electron chi connectivity index (χ0n) is 14.2. The van der Waals surface area contributed by atoms with Gasteiger partial charge in [-0.25, -0.2) is 4.98 Å². The number of benzene rings is 1. The van der Waals surface area contributed by atoms with Gasteiger partial charge in [0.05, 0.1) is 6.61 Å². The highest BCUT2D eigenvalue weighted by Crippen LogP contribution is 2.22. The molecule has 0 fully saturated rings. The van der Waals surface area contributed by atoms with E-state index in [4.69, 9.17) is 16.2 Å². The Morgan fingerprint density at radius 3 is 2.58 bits per heavy atom. The van der Waals surface area contributed by atoms with Crippen LogP contribution in [0, 0.1) is 0 Å². The van der Waals surface area contributed by atoms with Crippen molar-refractivity contribution in [1.82, 2.24) is 9.97 Å². The third-order valence-electron chi connectivity index (χ3n) is 3.57. The second kappa shape index (κ2) is 10.0. The Morgan fingerprint density at radius 1 is 1.08 bits per heavy atom. The minimum Gasteiger partial charge on any atom is -0.494 e. The summed E-state index contributed by atoms with van der Waals surface area (Å²) in [6.45, 7) is 2.92. The first-order valence-corrected chi connectivity index (χ1v) is 9.40. The molecule has 5 nitrogen and oxygen atoms in total. The van der Waals surface area contributed by atoms with E-state index < -0.39 is 0 Å². The van der Waals surface area contributed by atoms with Crippen LogP contribution in [0.2, 0.25) is 0 Å². The Bertz CT molecular complexity index is 619. The average Bonchev–Trinajstić information content (AvgIpc) is 2.58. The highest BCUT2D eigenvalue weighted by molar-refractivity contribution is 7.99. The molecule has 24 heavy (non-hydrogen) atoms. The van der Waals surface area contributed by atoms with Crippen LogP contribution in [0.3, 0.4) is 0 Å². The lowest BCUT2D eigenvalue weighted by Crippen LogP contribution is -2.04. The maximum atomic E-state index is 5.82. The SMILES string of the molecule is CCCSc1ccc(OCCCCCc2cnc(N)nc2N)cc1. The van der Waals surface area contributed by atoms with Crippen LogP contribution in [0.15, 0.2) is 35.4 Å². The van der Waals surface area contributed by atoms with E-state index in [1.54, 1.807) is 6.20 Å². The number of nitrogens with zero attached hydrogens (tertiary/aromatic N) is 2. The molecule has 4 N–H and O–H groups in total. The molecular weight excluding hydrogens is 320 g/mol. The van der Waals surface area contributed by atoms with Crippen LogP contribution in [0.25, 0.3) is 0 Å². The number of anilines is 2. The molecule has 0 saturated carbocycles. The monoisotopic (exact) mass is 346 g/mol. The first-order chi connectivity index (χ1) is 11.7. The zero-order chi connectivity index (χ0) is 17.2. The highest BCUT2D eigenvalue weighted by atomic mass is 32.2. The molecule has 0 aliphatic carbocycles.